The fourth-order valence-electron chi connectivity index (χ4n) is 3.70. The van der Waals surface area contributed by atoms with Crippen LogP contribution >= 0.6 is 0 Å². The Hall–Kier alpha value is -2.33. The van der Waals surface area contributed by atoms with Gasteiger partial charge in [-0.15, -0.1) is 0 Å². The molecule has 27 heavy (non-hydrogen) atoms. The molecule has 0 unspecified atom stereocenters. The topological polar surface area (TPSA) is 38.8 Å². The number of Topliss-reactive ketones (excluding diaryl/α,β-unsaturated/α-hetero) is 1. The molecule has 0 amide bonds. The highest BCUT2D eigenvalue weighted by Crippen LogP contribution is 2.46. The van der Waals surface area contributed by atoms with Gasteiger partial charge >= 0.3 is 0 Å². The van der Waals surface area contributed by atoms with Crippen LogP contribution in [-0.2, 0) is 10.2 Å². The van der Waals surface area contributed by atoms with Crippen LogP contribution in [0, 0.1) is 0 Å². The van der Waals surface area contributed by atoms with Crippen molar-refractivity contribution in [2.75, 3.05) is 28.3 Å². The molecule has 0 aliphatic carbocycles. The maximum absolute atomic E-state index is 13.6. The van der Waals surface area contributed by atoms with Crippen LogP contribution in [0.25, 0.3) is 0 Å². The Kier molecular flexibility index (Phi) is 7.03. The summed E-state index contributed by atoms with van der Waals surface area (Å²) in [6.45, 7) is 4.06. The van der Waals surface area contributed by atoms with E-state index in [1.807, 2.05) is 69.6 Å². The second-order valence-electron chi connectivity index (χ2n) is 7.10. The first kappa shape index (κ1) is 21.0. The number of rotatable bonds is 9. The molecule has 0 fully saturated rings. The molecular formula is C23H31NO3. The number of ketones is 1. The van der Waals surface area contributed by atoms with Gasteiger partial charge in [-0.2, -0.15) is 0 Å². The quantitative estimate of drug-likeness (QED) is 0.660. The lowest BCUT2D eigenvalue weighted by atomic mass is 9.66. The number of ether oxygens (including phenoxy) is 2. The average molecular weight is 370 g/mol. The van der Waals surface area contributed by atoms with E-state index in [1.54, 1.807) is 14.2 Å². The van der Waals surface area contributed by atoms with Crippen molar-refractivity contribution in [2.45, 2.75) is 38.1 Å². The van der Waals surface area contributed by atoms with Crippen LogP contribution in [0.15, 0.2) is 48.5 Å². The smallest absolute Gasteiger partial charge is 0.147 e. The fourth-order valence-corrected chi connectivity index (χ4v) is 3.70. The van der Waals surface area contributed by atoms with Crippen LogP contribution in [0.5, 0.6) is 11.5 Å². The predicted molar refractivity (Wildman–Crippen MR) is 110 cm³/mol. The van der Waals surface area contributed by atoms with Crippen molar-refractivity contribution in [2.24, 2.45) is 0 Å². The summed E-state index contributed by atoms with van der Waals surface area (Å²) < 4.78 is 11.4. The van der Waals surface area contributed by atoms with E-state index in [0.29, 0.717) is 12.8 Å². The highest BCUT2D eigenvalue weighted by molar-refractivity contribution is 5.95. The van der Waals surface area contributed by atoms with Gasteiger partial charge in [0.15, 0.2) is 0 Å². The lowest BCUT2D eigenvalue weighted by molar-refractivity contribution is -0.123. The minimum absolute atomic E-state index is 0.158. The van der Waals surface area contributed by atoms with Gasteiger partial charge in [0.2, 0.25) is 0 Å². The third kappa shape index (κ3) is 4.01. The molecule has 0 N–H and O–H groups in total. The number of nitrogens with zero attached hydrogens (tertiary/aromatic N) is 1. The fraction of sp³-hybridized carbons (Fsp3) is 0.435. The number of hydrogen-bond donors (Lipinski definition) is 0. The monoisotopic (exact) mass is 369 g/mol. The molecule has 0 bridgehead atoms. The van der Waals surface area contributed by atoms with Crippen molar-refractivity contribution < 1.29 is 14.3 Å². The standard InChI is InChI=1S/C23H31NO3/c1-7-22(25)23(16-17(2)24(3)4,18-12-8-10-14-20(18)26-5)19-13-9-11-15-21(19)27-6/h8-15,17H,7,16H2,1-6H3/t17-/m1/s1. The highest BCUT2D eigenvalue weighted by atomic mass is 16.5. The molecular weight excluding hydrogens is 338 g/mol. The Morgan fingerprint density at radius 2 is 1.41 bits per heavy atom. The van der Waals surface area contributed by atoms with Gasteiger partial charge in [-0.3, -0.25) is 4.79 Å². The third-order valence-corrected chi connectivity index (χ3v) is 5.41. The number of benzene rings is 2. The van der Waals surface area contributed by atoms with Crippen molar-refractivity contribution >= 4 is 5.78 Å². The Morgan fingerprint density at radius 3 is 1.78 bits per heavy atom. The van der Waals surface area contributed by atoms with E-state index in [1.165, 1.54) is 0 Å². The first-order chi connectivity index (χ1) is 12.9. The number of hydrogen-bond acceptors (Lipinski definition) is 4. The van der Waals surface area contributed by atoms with Crippen LogP contribution in [0.1, 0.15) is 37.8 Å². The molecule has 0 saturated carbocycles. The van der Waals surface area contributed by atoms with Gasteiger partial charge in [-0.05, 0) is 39.6 Å². The molecule has 146 valence electrons. The van der Waals surface area contributed by atoms with Gasteiger partial charge in [-0.25, -0.2) is 0 Å². The molecule has 0 radical (unpaired) electrons. The van der Waals surface area contributed by atoms with E-state index in [2.05, 4.69) is 11.8 Å². The summed E-state index contributed by atoms with van der Waals surface area (Å²) in [7, 11) is 7.38. The van der Waals surface area contributed by atoms with Crippen molar-refractivity contribution in [3.63, 3.8) is 0 Å². The van der Waals surface area contributed by atoms with Gasteiger partial charge < -0.3 is 14.4 Å². The summed E-state index contributed by atoms with van der Waals surface area (Å²) in [5.74, 6) is 1.59. The minimum Gasteiger partial charge on any atom is -0.496 e. The molecule has 0 aromatic heterocycles. The highest BCUT2D eigenvalue weighted by Gasteiger charge is 2.45. The number of carbonyl (C=O) groups is 1. The first-order valence-corrected chi connectivity index (χ1v) is 9.39. The van der Waals surface area contributed by atoms with E-state index < -0.39 is 5.41 Å². The van der Waals surface area contributed by atoms with Crippen molar-refractivity contribution in [1.82, 2.24) is 4.90 Å². The van der Waals surface area contributed by atoms with Gasteiger partial charge in [0.1, 0.15) is 17.3 Å². The zero-order chi connectivity index (χ0) is 20.0. The van der Waals surface area contributed by atoms with Crippen LogP contribution in [0.2, 0.25) is 0 Å². The molecule has 4 nitrogen and oxygen atoms in total. The van der Waals surface area contributed by atoms with Gasteiger partial charge in [-0.1, -0.05) is 43.3 Å². The van der Waals surface area contributed by atoms with Gasteiger partial charge in [0.05, 0.1) is 19.6 Å². The molecule has 0 aliphatic heterocycles. The Balaban J connectivity index is 2.88. The maximum atomic E-state index is 13.6. The lowest BCUT2D eigenvalue weighted by Gasteiger charge is -2.38. The molecule has 0 saturated heterocycles. The summed E-state index contributed by atoms with van der Waals surface area (Å²) in [4.78, 5) is 15.7. The summed E-state index contributed by atoms with van der Waals surface area (Å²) in [5, 5.41) is 0. The molecule has 4 heteroatoms. The third-order valence-electron chi connectivity index (χ3n) is 5.41. The van der Waals surface area contributed by atoms with E-state index >= 15 is 0 Å². The Bertz CT molecular complexity index is 722. The lowest BCUT2D eigenvalue weighted by Crippen LogP contribution is -2.43. The second-order valence-corrected chi connectivity index (χ2v) is 7.10. The molecule has 1 atom stereocenters. The van der Waals surface area contributed by atoms with Crippen LogP contribution in [0.4, 0.5) is 0 Å². The molecule has 2 aromatic rings. The maximum Gasteiger partial charge on any atom is 0.147 e. The van der Waals surface area contributed by atoms with Crippen LogP contribution in [0.3, 0.4) is 0 Å². The number of para-hydroxylation sites is 2. The zero-order valence-corrected chi connectivity index (χ0v) is 17.3. The van der Waals surface area contributed by atoms with E-state index in [9.17, 15) is 4.79 Å². The van der Waals surface area contributed by atoms with Crippen LogP contribution in [-0.4, -0.2) is 45.0 Å². The zero-order valence-electron chi connectivity index (χ0n) is 17.3. The van der Waals surface area contributed by atoms with Crippen molar-refractivity contribution in [3.8, 4) is 11.5 Å². The molecule has 0 heterocycles. The average Bonchev–Trinajstić information content (AvgIpc) is 2.71. The number of carbonyl (C=O) groups excluding carboxylic acids is 1. The predicted octanol–water partition coefficient (Wildman–Crippen LogP) is 4.31. The molecule has 0 spiro atoms. The Morgan fingerprint density at radius 1 is 0.963 bits per heavy atom. The summed E-state index contributed by atoms with van der Waals surface area (Å²) in [6, 6.07) is 15.8. The largest absolute Gasteiger partial charge is 0.496 e. The first-order valence-electron chi connectivity index (χ1n) is 9.39. The van der Waals surface area contributed by atoms with Gasteiger partial charge in [0, 0.05) is 23.6 Å². The van der Waals surface area contributed by atoms with E-state index in [0.717, 1.165) is 22.6 Å². The summed E-state index contributed by atoms with van der Waals surface area (Å²) in [5.41, 5.74) is 0.924. The van der Waals surface area contributed by atoms with Gasteiger partial charge in [0.25, 0.3) is 0 Å². The molecule has 0 aliphatic rings. The molecule has 2 rings (SSSR count). The Labute approximate surface area is 163 Å². The van der Waals surface area contributed by atoms with Crippen molar-refractivity contribution in [3.05, 3.63) is 59.7 Å². The number of methoxy groups -OCH3 is 2. The SMILES string of the molecule is CCC(=O)C(C[C@@H](C)N(C)C)(c1ccccc1OC)c1ccccc1OC. The minimum atomic E-state index is -0.850. The van der Waals surface area contributed by atoms with Crippen molar-refractivity contribution in [1.29, 1.82) is 0 Å². The van der Waals surface area contributed by atoms with Crippen LogP contribution < -0.4 is 9.47 Å². The summed E-state index contributed by atoms with van der Waals surface area (Å²) >= 11 is 0. The molecule has 2 aromatic carbocycles. The van der Waals surface area contributed by atoms with E-state index in [-0.39, 0.29) is 11.8 Å². The normalized spacial score (nSPS) is 12.7. The summed E-state index contributed by atoms with van der Waals surface area (Å²) in [6.07, 6.45) is 1.06. The van der Waals surface area contributed by atoms with E-state index in [4.69, 9.17) is 9.47 Å². The second kappa shape index (κ2) is 9.05.